The Kier molecular flexibility index (Phi) is 3.39. The number of aromatic nitrogens is 2. The number of hydrogen-bond donors (Lipinski definition) is 1. The van der Waals surface area contributed by atoms with Gasteiger partial charge in [0.15, 0.2) is 0 Å². The van der Waals surface area contributed by atoms with Gasteiger partial charge in [0.25, 0.3) is 5.69 Å². The number of amides is 1. The normalized spacial score (nSPS) is 17.0. The van der Waals surface area contributed by atoms with E-state index in [2.05, 4.69) is 10.3 Å². The van der Waals surface area contributed by atoms with Crippen molar-refractivity contribution in [3.63, 3.8) is 0 Å². The molecule has 0 bridgehead atoms. The van der Waals surface area contributed by atoms with Crippen molar-refractivity contribution >= 4 is 17.3 Å². The minimum Gasteiger partial charge on any atom is -0.335 e. The van der Waals surface area contributed by atoms with Gasteiger partial charge in [-0.05, 0) is 12.5 Å². The second-order valence-electron chi connectivity index (χ2n) is 4.99. The molecule has 7 heteroatoms. The van der Waals surface area contributed by atoms with Crippen molar-refractivity contribution in [1.29, 1.82) is 0 Å². The zero-order chi connectivity index (χ0) is 14.8. The minimum atomic E-state index is -0.497. The van der Waals surface area contributed by atoms with Crippen molar-refractivity contribution in [1.82, 2.24) is 9.55 Å². The SMILES string of the molecule is O=C(Nc1ccccc1[N+](=O)[O-])C1CCn2ccnc2C1. The predicted octanol–water partition coefficient (Wildman–Crippen LogP) is 1.99. The molecular weight excluding hydrogens is 272 g/mol. The average molecular weight is 286 g/mol. The lowest BCUT2D eigenvalue weighted by atomic mass is 9.97. The zero-order valence-corrected chi connectivity index (χ0v) is 11.2. The van der Waals surface area contributed by atoms with Crippen LogP contribution in [0.1, 0.15) is 12.2 Å². The predicted molar refractivity (Wildman–Crippen MR) is 75.8 cm³/mol. The Morgan fingerprint density at radius 3 is 3.05 bits per heavy atom. The van der Waals surface area contributed by atoms with E-state index in [-0.39, 0.29) is 23.2 Å². The second kappa shape index (κ2) is 5.35. The van der Waals surface area contributed by atoms with Crippen LogP contribution in [0, 0.1) is 16.0 Å². The zero-order valence-electron chi connectivity index (χ0n) is 11.2. The van der Waals surface area contributed by atoms with Crippen molar-refractivity contribution in [3.05, 3.63) is 52.6 Å². The molecule has 0 saturated carbocycles. The Balaban J connectivity index is 1.75. The lowest BCUT2D eigenvalue weighted by molar-refractivity contribution is -0.383. The highest BCUT2D eigenvalue weighted by molar-refractivity contribution is 5.94. The monoisotopic (exact) mass is 286 g/mol. The lowest BCUT2D eigenvalue weighted by Gasteiger charge is -2.22. The molecule has 1 amide bonds. The summed E-state index contributed by atoms with van der Waals surface area (Å²) in [6.45, 7) is 0.740. The van der Waals surface area contributed by atoms with E-state index in [1.54, 1.807) is 24.4 Å². The molecule has 108 valence electrons. The molecule has 1 aromatic carbocycles. The van der Waals surface area contributed by atoms with Crippen molar-refractivity contribution in [2.24, 2.45) is 5.92 Å². The second-order valence-corrected chi connectivity index (χ2v) is 4.99. The summed E-state index contributed by atoms with van der Waals surface area (Å²) in [5.41, 5.74) is 0.143. The van der Waals surface area contributed by atoms with Gasteiger partial charge in [-0.1, -0.05) is 12.1 Å². The van der Waals surface area contributed by atoms with E-state index in [9.17, 15) is 14.9 Å². The van der Waals surface area contributed by atoms with Crippen LogP contribution in [0.25, 0.3) is 0 Å². The first-order valence-electron chi connectivity index (χ1n) is 6.69. The van der Waals surface area contributed by atoms with Gasteiger partial charge in [0.05, 0.1) is 4.92 Å². The summed E-state index contributed by atoms with van der Waals surface area (Å²) in [5.74, 6) is 0.474. The summed E-state index contributed by atoms with van der Waals surface area (Å²) >= 11 is 0. The van der Waals surface area contributed by atoms with E-state index < -0.39 is 4.92 Å². The molecule has 3 rings (SSSR count). The molecule has 1 atom stereocenters. The van der Waals surface area contributed by atoms with Gasteiger partial charge in [-0.3, -0.25) is 14.9 Å². The van der Waals surface area contributed by atoms with Crippen LogP contribution in [-0.4, -0.2) is 20.4 Å². The van der Waals surface area contributed by atoms with Gasteiger partial charge in [0.2, 0.25) is 5.91 Å². The van der Waals surface area contributed by atoms with Crippen LogP contribution >= 0.6 is 0 Å². The maximum Gasteiger partial charge on any atom is 0.292 e. The molecule has 1 aromatic heterocycles. The summed E-state index contributed by atoms with van der Waals surface area (Å²) in [4.78, 5) is 27.0. The van der Waals surface area contributed by atoms with Crippen LogP contribution in [0.3, 0.4) is 0 Å². The topological polar surface area (TPSA) is 90.1 Å². The molecule has 1 aliphatic rings. The Morgan fingerprint density at radius 2 is 2.24 bits per heavy atom. The molecule has 0 radical (unpaired) electrons. The summed E-state index contributed by atoms with van der Waals surface area (Å²) in [6.07, 6.45) is 4.87. The third kappa shape index (κ3) is 2.62. The van der Waals surface area contributed by atoms with Gasteiger partial charge >= 0.3 is 0 Å². The number of anilines is 1. The highest BCUT2D eigenvalue weighted by atomic mass is 16.6. The number of imidazole rings is 1. The quantitative estimate of drug-likeness (QED) is 0.690. The number of fused-ring (bicyclic) bond motifs is 1. The van der Waals surface area contributed by atoms with E-state index in [1.165, 1.54) is 6.07 Å². The van der Waals surface area contributed by atoms with Crippen molar-refractivity contribution in [2.45, 2.75) is 19.4 Å². The van der Waals surface area contributed by atoms with Crippen molar-refractivity contribution in [2.75, 3.05) is 5.32 Å². The molecule has 1 unspecified atom stereocenters. The first-order chi connectivity index (χ1) is 10.1. The van der Waals surface area contributed by atoms with Crippen LogP contribution < -0.4 is 5.32 Å². The summed E-state index contributed by atoms with van der Waals surface area (Å²) in [5, 5.41) is 13.6. The molecule has 21 heavy (non-hydrogen) atoms. The van der Waals surface area contributed by atoms with E-state index in [1.807, 2.05) is 10.8 Å². The smallest absolute Gasteiger partial charge is 0.292 e. The van der Waals surface area contributed by atoms with E-state index in [4.69, 9.17) is 0 Å². The largest absolute Gasteiger partial charge is 0.335 e. The lowest BCUT2D eigenvalue weighted by Crippen LogP contribution is -2.30. The molecule has 0 saturated heterocycles. The number of rotatable bonds is 3. The van der Waals surface area contributed by atoms with Crippen LogP contribution in [0.15, 0.2) is 36.7 Å². The first-order valence-corrected chi connectivity index (χ1v) is 6.69. The van der Waals surface area contributed by atoms with Crippen molar-refractivity contribution in [3.8, 4) is 0 Å². The number of nitrogens with one attached hydrogen (secondary N) is 1. The number of nitro groups is 1. The molecule has 0 fully saturated rings. The number of nitro benzene ring substituents is 1. The van der Waals surface area contributed by atoms with Gasteiger partial charge < -0.3 is 9.88 Å². The van der Waals surface area contributed by atoms with Crippen molar-refractivity contribution < 1.29 is 9.72 Å². The average Bonchev–Trinajstić information content (AvgIpc) is 2.94. The van der Waals surface area contributed by atoms with E-state index in [0.717, 1.165) is 12.4 Å². The Hall–Kier alpha value is -2.70. The third-order valence-corrected chi connectivity index (χ3v) is 3.68. The third-order valence-electron chi connectivity index (χ3n) is 3.68. The number of carbonyl (C=O) groups is 1. The number of carbonyl (C=O) groups excluding carboxylic acids is 1. The Labute approximate surface area is 120 Å². The Morgan fingerprint density at radius 1 is 1.43 bits per heavy atom. The van der Waals surface area contributed by atoms with Gasteiger partial charge in [0.1, 0.15) is 11.5 Å². The highest BCUT2D eigenvalue weighted by Crippen LogP contribution is 2.26. The highest BCUT2D eigenvalue weighted by Gasteiger charge is 2.26. The van der Waals surface area contributed by atoms with Crippen LogP contribution in [-0.2, 0) is 17.8 Å². The molecule has 0 aliphatic carbocycles. The van der Waals surface area contributed by atoms with Gasteiger partial charge in [0, 0.05) is 37.3 Å². The Bertz CT molecular complexity index is 695. The fraction of sp³-hybridized carbons (Fsp3) is 0.286. The minimum absolute atomic E-state index is 0.0943. The van der Waals surface area contributed by atoms with Crippen LogP contribution in [0.2, 0.25) is 0 Å². The summed E-state index contributed by atoms with van der Waals surface area (Å²) in [6, 6.07) is 6.16. The number of aryl methyl sites for hydroxylation is 1. The molecule has 7 nitrogen and oxygen atoms in total. The molecular formula is C14H14N4O3. The van der Waals surface area contributed by atoms with Crippen LogP contribution in [0.4, 0.5) is 11.4 Å². The molecule has 1 N–H and O–H groups in total. The fourth-order valence-corrected chi connectivity index (χ4v) is 2.55. The van der Waals surface area contributed by atoms with Crippen LogP contribution in [0.5, 0.6) is 0 Å². The number of para-hydroxylation sites is 2. The van der Waals surface area contributed by atoms with Gasteiger partial charge in [-0.25, -0.2) is 4.98 Å². The van der Waals surface area contributed by atoms with Gasteiger partial charge in [-0.2, -0.15) is 0 Å². The molecule has 2 heterocycles. The first kappa shape index (κ1) is 13.3. The standard InChI is InChI=1S/C14H14N4O3/c19-14(10-5-7-17-8-6-15-13(17)9-10)16-11-3-1-2-4-12(11)18(20)21/h1-4,6,8,10H,5,7,9H2,(H,16,19). The summed E-state index contributed by atoms with van der Waals surface area (Å²) < 4.78 is 2.02. The molecule has 1 aliphatic heterocycles. The fourth-order valence-electron chi connectivity index (χ4n) is 2.55. The molecule has 0 spiro atoms. The van der Waals surface area contributed by atoms with E-state index in [0.29, 0.717) is 12.8 Å². The van der Waals surface area contributed by atoms with E-state index >= 15 is 0 Å². The van der Waals surface area contributed by atoms with Gasteiger partial charge in [-0.15, -0.1) is 0 Å². The molecule has 2 aromatic rings. The number of benzene rings is 1. The maximum absolute atomic E-state index is 12.3. The number of hydrogen-bond acceptors (Lipinski definition) is 4. The number of nitrogens with zero attached hydrogens (tertiary/aromatic N) is 3. The summed E-state index contributed by atoms with van der Waals surface area (Å²) in [7, 11) is 0. The maximum atomic E-state index is 12.3.